The number of carbonyl (C=O) groups excluding carboxylic acids is 1. The van der Waals surface area contributed by atoms with Crippen LogP contribution >= 0.6 is 0 Å². The summed E-state index contributed by atoms with van der Waals surface area (Å²) in [7, 11) is 1.23. The van der Waals surface area contributed by atoms with Crippen LogP contribution in [0.3, 0.4) is 0 Å². The minimum Gasteiger partial charge on any atom is -0.468 e. The Morgan fingerprint density at radius 1 is 1.55 bits per heavy atom. The Morgan fingerprint density at radius 2 is 2.35 bits per heavy atom. The molecule has 0 aliphatic rings. The van der Waals surface area contributed by atoms with Gasteiger partial charge in [0.05, 0.1) is 12.0 Å². The summed E-state index contributed by atoms with van der Waals surface area (Å²) in [6.07, 6.45) is 3.21. The number of methoxy groups -OCH3 is 1. The van der Waals surface area contributed by atoms with Gasteiger partial charge in [-0.15, -0.1) is 0 Å². The highest BCUT2D eigenvalue weighted by Crippen LogP contribution is 2.23. The summed E-state index contributed by atoms with van der Waals surface area (Å²) in [5.74, 6) is -0.174. The first kappa shape index (κ1) is 13.5. The molecule has 2 aromatic rings. The summed E-state index contributed by atoms with van der Waals surface area (Å²) < 4.78 is 5.91. The number of aromatic nitrogens is 3. The monoisotopic (exact) mass is 277 g/mol. The largest absolute Gasteiger partial charge is 0.468 e. The highest BCUT2D eigenvalue weighted by molar-refractivity contribution is 5.75. The summed E-state index contributed by atoms with van der Waals surface area (Å²) in [4.78, 5) is 25.5. The van der Waals surface area contributed by atoms with Crippen LogP contribution in [0.4, 0.5) is 11.5 Å². The molecular formula is C11H11N5O4. The van der Waals surface area contributed by atoms with E-state index in [1.807, 2.05) is 0 Å². The molecule has 0 unspecified atom stereocenters. The molecule has 0 radical (unpaired) electrons. The van der Waals surface area contributed by atoms with Gasteiger partial charge in [-0.1, -0.05) is 0 Å². The van der Waals surface area contributed by atoms with Gasteiger partial charge in [0.25, 0.3) is 0 Å². The van der Waals surface area contributed by atoms with Crippen molar-refractivity contribution < 1.29 is 14.5 Å². The van der Waals surface area contributed by atoms with Crippen LogP contribution in [0.25, 0.3) is 5.82 Å². The summed E-state index contributed by atoms with van der Waals surface area (Å²) >= 11 is 0. The maximum absolute atomic E-state index is 11.1. The molecule has 0 aromatic carbocycles. The van der Waals surface area contributed by atoms with E-state index in [2.05, 4.69) is 20.1 Å². The Morgan fingerprint density at radius 3 is 2.95 bits per heavy atom. The molecule has 1 N–H and O–H groups in total. The number of nitrogens with zero attached hydrogens (tertiary/aromatic N) is 4. The van der Waals surface area contributed by atoms with Crippen molar-refractivity contribution in [2.45, 2.75) is 0 Å². The fourth-order valence-corrected chi connectivity index (χ4v) is 1.48. The quantitative estimate of drug-likeness (QED) is 0.487. The Kier molecular flexibility index (Phi) is 3.89. The van der Waals surface area contributed by atoms with Gasteiger partial charge in [-0.05, 0) is 12.1 Å². The fourth-order valence-electron chi connectivity index (χ4n) is 1.48. The lowest BCUT2D eigenvalue weighted by atomic mass is 10.3. The van der Waals surface area contributed by atoms with Gasteiger partial charge in [-0.3, -0.25) is 14.9 Å². The molecular weight excluding hydrogens is 266 g/mol. The first-order valence-corrected chi connectivity index (χ1v) is 5.58. The van der Waals surface area contributed by atoms with Crippen molar-refractivity contribution >= 4 is 17.5 Å². The molecule has 104 valence electrons. The molecule has 2 heterocycles. The normalized spacial score (nSPS) is 10.1. The lowest BCUT2D eigenvalue weighted by Gasteiger charge is -2.07. The number of hydrogen-bond acceptors (Lipinski definition) is 7. The zero-order valence-corrected chi connectivity index (χ0v) is 10.5. The van der Waals surface area contributed by atoms with Gasteiger partial charge >= 0.3 is 11.7 Å². The average Bonchev–Trinajstić information content (AvgIpc) is 2.98. The number of ether oxygens (including phenoxy) is 1. The number of nitrogens with one attached hydrogen (secondary N) is 1. The van der Waals surface area contributed by atoms with Crippen LogP contribution in [0.5, 0.6) is 0 Å². The van der Waals surface area contributed by atoms with Crippen LogP contribution in [0.2, 0.25) is 0 Å². The smallest absolute Gasteiger partial charge is 0.325 e. The number of rotatable bonds is 5. The number of esters is 1. The van der Waals surface area contributed by atoms with Gasteiger partial charge in [0.1, 0.15) is 6.54 Å². The molecule has 20 heavy (non-hydrogen) atoms. The molecule has 0 saturated carbocycles. The van der Waals surface area contributed by atoms with E-state index in [0.717, 1.165) is 0 Å². The molecule has 9 nitrogen and oxygen atoms in total. The second kappa shape index (κ2) is 5.78. The molecule has 2 aromatic heterocycles. The minimum atomic E-state index is -0.584. The van der Waals surface area contributed by atoms with Crippen LogP contribution in [-0.2, 0) is 9.53 Å². The lowest BCUT2D eigenvalue weighted by molar-refractivity contribution is -0.384. The third-order valence-electron chi connectivity index (χ3n) is 2.42. The van der Waals surface area contributed by atoms with Crippen molar-refractivity contribution in [2.24, 2.45) is 0 Å². The molecule has 0 aliphatic carbocycles. The van der Waals surface area contributed by atoms with Crippen LogP contribution in [0, 0.1) is 10.1 Å². The molecule has 9 heteroatoms. The number of hydrogen-bond donors (Lipinski definition) is 1. The molecule has 0 fully saturated rings. The second-order valence-electron chi connectivity index (χ2n) is 3.67. The van der Waals surface area contributed by atoms with Crippen molar-refractivity contribution in [1.29, 1.82) is 0 Å². The first-order valence-electron chi connectivity index (χ1n) is 5.58. The second-order valence-corrected chi connectivity index (χ2v) is 3.67. The third-order valence-corrected chi connectivity index (χ3v) is 2.42. The summed E-state index contributed by atoms with van der Waals surface area (Å²) in [5, 5.41) is 17.5. The lowest BCUT2D eigenvalue weighted by Crippen LogP contribution is -2.17. The standard InChI is InChI=1S/C11H11N5O4/c1-20-10(17)7-12-11-8(16(18)19)3-4-9(14-11)15-6-2-5-13-15/h2-6H,7H2,1H3,(H,12,14). The number of anilines is 1. The van der Waals surface area contributed by atoms with E-state index in [1.54, 1.807) is 18.5 Å². The highest BCUT2D eigenvalue weighted by atomic mass is 16.6. The van der Waals surface area contributed by atoms with E-state index in [1.165, 1.54) is 23.9 Å². The number of nitro groups is 1. The zero-order valence-electron chi connectivity index (χ0n) is 10.5. The first-order chi connectivity index (χ1) is 9.61. The van der Waals surface area contributed by atoms with E-state index >= 15 is 0 Å². The van der Waals surface area contributed by atoms with E-state index in [4.69, 9.17) is 0 Å². The molecule has 0 bridgehead atoms. The average molecular weight is 277 g/mol. The van der Waals surface area contributed by atoms with Crippen LogP contribution in [0.1, 0.15) is 0 Å². The van der Waals surface area contributed by atoms with Gasteiger partial charge in [0.2, 0.25) is 5.82 Å². The molecule has 0 aliphatic heterocycles. The van der Waals surface area contributed by atoms with Gasteiger partial charge in [0.15, 0.2) is 5.82 Å². The van der Waals surface area contributed by atoms with Gasteiger partial charge in [-0.25, -0.2) is 9.67 Å². The van der Waals surface area contributed by atoms with E-state index in [9.17, 15) is 14.9 Å². The van der Waals surface area contributed by atoms with Crippen molar-refractivity contribution in [1.82, 2.24) is 14.8 Å². The van der Waals surface area contributed by atoms with Gasteiger partial charge < -0.3 is 10.1 Å². The molecule has 0 spiro atoms. The summed E-state index contributed by atoms with van der Waals surface area (Å²) in [5.41, 5.74) is -0.232. The minimum absolute atomic E-state index is 0.0200. The Balaban J connectivity index is 2.32. The summed E-state index contributed by atoms with van der Waals surface area (Å²) in [6, 6.07) is 4.46. The molecule has 0 saturated heterocycles. The Labute approximate surface area is 113 Å². The summed E-state index contributed by atoms with van der Waals surface area (Å²) in [6.45, 7) is -0.215. The van der Waals surface area contributed by atoms with Crippen molar-refractivity contribution in [3.63, 3.8) is 0 Å². The van der Waals surface area contributed by atoms with E-state index in [0.29, 0.717) is 5.82 Å². The van der Waals surface area contributed by atoms with Crippen molar-refractivity contribution in [2.75, 3.05) is 19.0 Å². The predicted molar refractivity (Wildman–Crippen MR) is 68.5 cm³/mol. The zero-order chi connectivity index (χ0) is 14.5. The van der Waals surface area contributed by atoms with Crippen molar-refractivity contribution in [3.8, 4) is 5.82 Å². The van der Waals surface area contributed by atoms with Crippen LogP contribution in [0.15, 0.2) is 30.6 Å². The van der Waals surface area contributed by atoms with Gasteiger partial charge in [-0.2, -0.15) is 5.10 Å². The Hall–Kier alpha value is -2.97. The van der Waals surface area contributed by atoms with Crippen LogP contribution in [-0.4, -0.2) is 39.3 Å². The SMILES string of the molecule is COC(=O)CNc1nc(-n2cccn2)ccc1[N+](=O)[O-]. The highest BCUT2D eigenvalue weighted by Gasteiger charge is 2.17. The molecule has 0 amide bonds. The molecule has 2 rings (SSSR count). The van der Waals surface area contributed by atoms with Crippen molar-refractivity contribution in [3.05, 3.63) is 40.7 Å². The van der Waals surface area contributed by atoms with E-state index in [-0.39, 0.29) is 18.1 Å². The maximum Gasteiger partial charge on any atom is 0.325 e. The Bertz CT molecular complexity index is 626. The number of carbonyl (C=O) groups is 1. The van der Waals surface area contributed by atoms with Crippen LogP contribution < -0.4 is 5.32 Å². The maximum atomic E-state index is 11.1. The van der Waals surface area contributed by atoms with E-state index < -0.39 is 10.9 Å². The fraction of sp³-hybridized carbons (Fsp3) is 0.182. The van der Waals surface area contributed by atoms with Gasteiger partial charge in [0, 0.05) is 18.5 Å². The number of pyridine rings is 1. The predicted octanol–water partition coefficient (Wildman–Crippen LogP) is 0.760. The molecule has 0 atom stereocenters. The third kappa shape index (κ3) is 2.88. The topological polar surface area (TPSA) is 112 Å².